The summed E-state index contributed by atoms with van der Waals surface area (Å²) in [6, 6.07) is 12.1. The molecule has 1 saturated heterocycles. The van der Waals surface area contributed by atoms with Crippen molar-refractivity contribution in [2.24, 2.45) is 0 Å². The maximum atomic E-state index is 12.4. The van der Waals surface area contributed by atoms with Crippen LogP contribution >= 0.6 is 11.3 Å². The second-order valence-corrected chi connectivity index (χ2v) is 7.40. The predicted octanol–water partition coefficient (Wildman–Crippen LogP) is 3.03. The van der Waals surface area contributed by atoms with Crippen LogP contribution < -0.4 is 10.2 Å². The number of piperazine rings is 1. The van der Waals surface area contributed by atoms with Crippen LogP contribution in [0.1, 0.15) is 11.1 Å². The molecule has 0 bridgehead atoms. The van der Waals surface area contributed by atoms with Crippen LogP contribution in [-0.2, 0) is 6.54 Å². The third-order valence-electron chi connectivity index (χ3n) is 4.56. The lowest BCUT2D eigenvalue weighted by Gasteiger charge is -2.34. The van der Waals surface area contributed by atoms with Crippen molar-refractivity contribution in [2.45, 2.75) is 13.5 Å². The van der Waals surface area contributed by atoms with Crippen molar-refractivity contribution in [2.75, 3.05) is 31.1 Å². The minimum atomic E-state index is -0.00353. The first-order valence-corrected chi connectivity index (χ1v) is 9.55. The van der Waals surface area contributed by atoms with Crippen molar-refractivity contribution in [3.63, 3.8) is 0 Å². The van der Waals surface area contributed by atoms with E-state index >= 15 is 0 Å². The molecule has 3 heterocycles. The molecule has 0 spiro atoms. The van der Waals surface area contributed by atoms with Crippen molar-refractivity contribution < 1.29 is 4.79 Å². The molecular weight excluding hydrogens is 346 g/mol. The van der Waals surface area contributed by atoms with Crippen LogP contribution in [0.3, 0.4) is 0 Å². The van der Waals surface area contributed by atoms with E-state index in [1.807, 2.05) is 17.0 Å². The molecule has 1 fully saturated rings. The smallest absolute Gasteiger partial charge is 0.317 e. The number of amides is 2. The summed E-state index contributed by atoms with van der Waals surface area (Å²) in [6.45, 7) is 5.59. The van der Waals surface area contributed by atoms with Gasteiger partial charge in [0.2, 0.25) is 0 Å². The Morgan fingerprint density at radius 2 is 1.92 bits per heavy atom. The van der Waals surface area contributed by atoms with Gasteiger partial charge in [-0.1, -0.05) is 41.2 Å². The maximum Gasteiger partial charge on any atom is 0.317 e. The van der Waals surface area contributed by atoms with Gasteiger partial charge in [-0.15, -0.1) is 0 Å². The summed E-state index contributed by atoms with van der Waals surface area (Å²) < 4.78 is 0. The number of aryl methyl sites for hydroxylation is 1. The molecule has 1 aromatic carbocycles. The van der Waals surface area contributed by atoms with Gasteiger partial charge in [0.1, 0.15) is 10.3 Å². The molecule has 26 heavy (non-hydrogen) atoms. The van der Waals surface area contributed by atoms with Gasteiger partial charge >= 0.3 is 6.03 Å². The Kier molecular flexibility index (Phi) is 4.71. The number of pyridine rings is 1. The van der Waals surface area contributed by atoms with E-state index in [1.165, 1.54) is 5.56 Å². The van der Waals surface area contributed by atoms with E-state index in [0.717, 1.165) is 34.1 Å². The zero-order chi connectivity index (χ0) is 17.9. The quantitative estimate of drug-likeness (QED) is 0.773. The van der Waals surface area contributed by atoms with E-state index in [1.54, 1.807) is 17.5 Å². The molecule has 4 rings (SSSR count). The van der Waals surface area contributed by atoms with Gasteiger partial charge in [0.05, 0.1) is 0 Å². The van der Waals surface area contributed by atoms with Crippen molar-refractivity contribution in [3.05, 3.63) is 53.7 Å². The highest BCUT2D eigenvalue weighted by Crippen LogP contribution is 2.27. The molecule has 2 amide bonds. The largest absolute Gasteiger partial charge is 0.344 e. The Labute approximate surface area is 156 Å². The third kappa shape index (κ3) is 3.62. The number of thiazole rings is 1. The van der Waals surface area contributed by atoms with Crippen LogP contribution in [0, 0.1) is 6.92 Å². The topological polar surface area (TPSA) is 61.4 Å². The van der Waals surface area contributed by atoms with Gasteiger partial charge in [-0.25, -0.2) is 14.8 Å². The number of aromatic nitrogens is 2. The number of hydrogen-bond acceptors (Lipinski definition) is 5. The lowest BCUT2D eigenvalue weighted by molar-refractivity contribution is 0.194. The molecule has 1 aliphatic heterocycles. The summed E-state index contributed by atoms with van der Waals surface area (Å²) in [5.74, 6) is 0. The lowest BCUT2D eigenvalue weighted by atomic mass is 10.1. The van der Waals surface area contributed by atoms with Crippen LogP contribution in [0.5, 0.6) is 0 Å². The zero-order valence-electron chi connectivity index (χ0n) is 14.7. The molecule has 0 unspecified atom stereocenters. The molecule has 0 aliphatic carbocycles. The number of carbonyl (C=O) groups excluding carboxylic acids is 1. The van der Waals surface area contributed by atoms with Gasteiger partial charge < -0.3 is 15.1 Å². The first-order valence-electron chi connectivity index (χ1n) is 8.74. The van der Waals surface area contributed by atoms with Crippen molar-refractivity contribution in [3.8, 4) is 0 Å². The number of carbonyl (C=O) groups is 1. The number of nitrogens with one attached hydrogen (secondary N) is 1. The Bertz CT molecular complexity index is 867. The Hall–Kier alpha value is -2.67. The number of anilines is 1. The van der Waals surface area contributed by atoms with Crippen LogP contribution in [0.4, 0.5) is 9.93 Å². The van der Waals surface area contributed by atoms with Gasteiger partial charge in [0.15, 0.2) is 5.13 Å². The fourth-order valence-corrected chi connectivity index (χ4v) is 3.95. The highest BCUT2D eigenvalue weighted by molar-refractivity contribution is 7.21. The average Bonchev–Trinajstić information content (AvgIpc) is 3.12. The van der Waals surface area contributed by atoms with E-state index in [4.69, 9.17) is 0 Å². The van der Waals surface area contributed by atoms with E-state index in [-0.39, 0.29) is 6.03 Å². The van der Waals surface area contributed by atoms with Gasteiger partial charge in [-0.3, -0.25) is 0 Å². The molecule has 2 aromatic heterocycles. The number of rotatable bonds is 3. The summed E-state index contributed by atoms with van der Waals surface area (Å²) in [6.07, 6.45) is 1.79. The van der Waals surface area contributed by atoms with Crippen LogP contribution in [0.2, 0.25) is 0 Å². The summed E-state index contributed by atoms with van der Waals surface area (Å²) >= 11 is 1.61. The van der Waals surface area contributed by atoms with E-state index in [0.29, 0.717) is 19.6 Å². The van der Waals surface area contributed by atoms with E-state index in [2.05, 4.69) is 51.4 Å². The first-order chi connectivity index (χ1) is 12.7. The number of fused-ring (bicyclic) bond motifs is 1. The molecular formula is C19H21N5OS. The van der Waals surface area contributed by atoms with E-state index in [9.17, 15) is 4.79 Å². The van der Waals surface area contributed by atoms with Crippen LogP contribution in [-0.4, -0.2) is 47.1 Å². The SMILES string of the molecule is Cc1ccc(CNC(=O)N2CCN(c3nc4cccnc4s3)CC2)cc1. The number of hydrogen-bond donors (Lipinski definition) is 1. The monoisotopic (exact) mass is 367 g/mol. The third-order valence-corrected chi connectivity index (χ3v) is 5.60. The minimum Gasteiger partial charge on any atom is -0.344 e. The maximum absolute atomic E-state index is 12.4. The number of nitrogens with zero attached hydrogens (tertiary/aromatic N) is 4. The van der Waals surface area contributed by atoms with Crippen LogP contribution in [0.25, 0.3) is 10.3 Å². The summed E-state index contributed by atoms with van der Waals surface area (Å²) in [5.41, 5.74) is 3.27. The standard InChI is InChI=1S/C19H21N5OS/c1-14-4-6-15(7-5-14)13-21-18(25)23-9-11-24(12-10-23)19-22-16-3-2-8-20-17(16)26-19/h2-8H,9-13H2,1H3,(H,21,25). The summed E-state index contributed by atoms with van der Waals surface area (Å²) in [5, 5.41) is 3.99. The highest BCUT2D eigenvalue weighted by atomic mass is 32.1. The second kappa shape index (κ2) is 7.29. The number of urea groups is 1. The van der Waals surface area contributed by atoms with Crippen molar-refractivity contribution in [1.29, 1.82) is 0 Å². The first kappa shape index (κ1) is 16.8. The van der Waals surface area contributed by atoms with Crippen molar-refractivity contribution in [1.82, 2.24) is 20.2 Å². The molecule has 6 nitrogen and oxygen atoms in total. The predicted molar refractivity (Wildman–Crippen MR) is 105 cm³/mol. The molecule has 134 valence electrons. The molecule has 0 saturated carbocycles. The Morgan fingerprint density at radius 1 is 1.15 bits per heavy atom. The Morgan fingerprint density at radius 3 is 2.65 bits per heavy atom. The van der Waals surface area contributed by atoms with Gasteiger partial charge in [-0.2, -0.15) is 0 Å². The fourth-order valence-electron chi connectivity index (χ4n) is 2.99. The molecule has 0 atom stereocenters. The lowest BCUT2D eigenvalue weighted by Crippen LogP contribution is -2.51. The highest BCUT2D eigenvalue weighted by Gasteiger charge is 2.23. The second-order valence-electron chi connectivity index (χ2n) is 6.44. The molecule has 3 aromatic rings. The van der Waals surface area contributed by atoms with Gasteiger partial charge in [-0.05, 0) is 24.6 Å². The van der Waals surface area contributed by atoms with Gasteiger partial charge in [0, 0.05) is 38.9 Å². The molecule has 1 N–H and O–H groups in total. The fraction of sp³-hybridized carbons (Fsp3) is 0.316. The Balaban J connectivity index is 1.31. The molecule has 0 radical (unpaired) electrons. The van der Waals surface area contributed by atoms with Crippen LogP contribution in [0.15, 0.2) is 42.6 Å². The molecule has 1 aliphatic rings. The zero-order valence-corrected chi connectivity index (χ0v) is 15.5. The molecule has 7 heteroatoms. The summed E-state index contributed by atoms with van der Waals surface area (Å²) in [4.78, 5) is 26.5. The van der Waals surface area contributed by atoms with Gasteiger partial charge in [0.25, 0.3) is 0 Å². The number of benzene rings is 1. The normalized spacial score (nSPS) is 14.7. The minimum absolute atomic E-state index is 0.00353. The van der Waals surface area contributed by atoms with Crippen molar-refractivity contribution >= 4 is 32.8 Å². The summed E-state index contributed by atoms with van der Waals surface area (Å²) in [7, 11) is 0. The average molecular weight is 367 g/mol. The van der Waals surface area contributed by atoms with E-state index < -0.39 is 0 Å².